The summed E-state index contributed by atoms with van der Waals surface area (Å²) in [5, 5.41) is 0. The van der Waals surface area contributed by atoms with Gasteiger partial charge in [0.1, 0.15) is 5.82 Å². The van der Waals surface area contributed by atoms with Gasteiger partial charge in [-0.2, -0.15) is 0 Å². The second kappa shape index (κ2) is 6.00. The lowest BCUT2D eigenvalue weighted by Crippen LogP contribution is -2.29. The van der Waals surface area contributed by atoms with Crippen LogP contribution >= 0.6 is 0 Å². The molecule has 0 spiro atoms. The molecule has 0 bridgehead atoms. The van der Waals surface area contributed by atoms with Gasteiger partial charge in [-0.3, -0.25) is 4.79 Å². The van der Waals surface area contributed by atoms with Crippen molar-refractivity contribution in [2.45, 2.75) is 19.3 Å². The van der Waals surface area contributed by atoms with Gasteiger partial charge in [0.2, 0.25) is 5.91 Å². The molecule has 0 aromatic carbocycles. The molecule has 0 radical (unpaired) electrons. The van der Waals surface area contributed by atoms with Gasteiger partial charge in [-0.05, 0) is 12.3 Å². The first-order valence-corrected chi connectivity index (χ1v) is 6.43. The van der Waals surface area contributed by atoms with Gasteiger partial charge in [0.05, 0.1) is 13.0 Å². The van der Waals surface area contributed by atoms with Crippen LogP contribution in [0.1, 0.15) is 18.7 Å². The summed E-state index contributed by atoms with van der Waals surface area (Å²) < 4.78 is 6.99. The molecule has 5 nitrogen and oxygen atoms in total. The van der Waals surface area contributed by atoms with Crippen LogP contribution in [-0.4, -0.2) is 47.2 Å². The Hall–Kier alpha value is -1.36. The molecular weight excluding hydrogens is 230 g/mol. The third kappa shape index (κ3) is 3.10. The number of ether oxygens (including phenoxy) is 1. The minimum atomic E-state index is 0.208. The van der Waals surface area contributed by atoms with Gasteiger partial charge in [0, 0.05) is 46.1 Å². The number of hydrogen-bond acceptors (Lipinski definition) is 3. The highest BCUT2D eigenvalue weighted by molar-refractivity contribution is 5.76. The molecule has 1 atom stereocenters. The average Bonchev–Trinajstić information content (AvgIpc) is 2.97. The van der Waals surface area contributed by atoms with Crippen LogP contribution in [0.2, 0.25) is 0 Å². The van der Waals surface area contributed by atoms with Crippen LogP contribution in [-0.2, 0) is 23.0 Å². The number of likely N-dealkylation sites (tertiary alicyclic amines) is 1. The number of methoxy groups -OCH3 is 1. The van der Waals surface area contributed by atoms with Gasteiger partial charge in [0.15, 0.2) is 0 Å². The van der Waals surface area contributed by atoms with Gasteiger partial charge >= 0.3 is 0 Å². The van der Waals surface area contributed by atoms with E-state index in [1.165, 1.54) is 0 Å². The second-order valence-corrected chi connectivity index (χ2v) is 4.90. The van der Waals surface area contributed by atoms with Gasteiger partial charge in [-0.1, -0.05) is 0 Å². The van der Waals surface area contributed by atoms with Crippen LogP contribution in [0.5, 0.6) is 0 Å². The quantitative estimate of drug-likeness (QED) is 0.779. The smallest absolute Gasteiger partial charge is 0.224 e. The Labute approximate surface area is 108 Å². The molecule has 5 heteroatoms. The zero-order valence-electron chi connectivity index (χ0n) is 11.1. The molecule has 1 fully saturated rings. The van der Waals surface area contributed by atoms with Gasteiger partial charge in [0.25, 0.3) is 0 Å². The molecule has 1 aliphatic heterocycles. The van der Waals surface area contributed by atoms with Crippen LogP contribution in [0.4, 0.5) is 0 Å². The Morgan fingerprint density at radius 3 is 3.11 bits per heavy atom. The van der Waals surface area contributed by atoms with E-state index in [4.69, 9.17) is 4.74 Å². The molecule has 0 unspecified atom stereocenters. The zero-order valence-corrected chi connectivity index (χ0v) is 11.1. The molecule has 100 valence electrons. The Balaban J connectivity index is 1.81. The summed E-state index contributed by atoms with van der Waals surface area (Å²) in [5.41, 5.74) is 0. The monoisotopic (exact) mass is 251 g/mol. The molecule has 0 saturated carbocycles. The lowest BCUT2D eigenvalue weighted by molar-refractivity contribution is -0.131. The van der Waals surface area contributed by atoms with Crippen molar-refractivity contribution in [1.82, 2.24) is 14.5 Å². The van der Waals surface area contributed by atoms with E-state index in [1.54, 1.807) is 7.11 Å². The summed E-state index contributed by atoms with van der Waals surface area (Å²) in [6.45, 7) is 2.24. The maximum absolute atomic E-state index is 11.8. The summed E-state index contributed by atoms with van der Waals surface area (Å²) in [7, 11) is 3.64. The predicted octanol–water partition coefficient (Wildman–Crippen LogP) is 0.848. The van der Waals surface area contributed by atoms with E-state index < -0.39 is 0 Å². The minimum Gasteiger partial charge on any atom is -0.384 e. The van der Waals surface area contributed by atoms with E-state index in [2.05, 4.69) is 9.55 Å². The largest absolute Gasteiger partial charge is 0.384 e. The van der Waals surface area contributed by atoms with E-state index in [1.807, 2.05) is 24.3 Å². The molecule has 18 heavy (non-hydrogen) atoms. The van der Waals surface area contributed by atoms with Crippen LogP contribution in [0.3, 0.4) is 0 Å². The Morgan fingerprint density at radius 1 is 1.61 bits per heavy atom. The summed E-state index contributed by atoms with van der Waals surface area (Å²) >= 11 is 0. The van der Waals surface area contributed by atoms with Crippen molar-refractivity contribution in [3.05, 3.63) is 18.2 Å². The SMILES string of the molecule is COCCC(=O)N1CC[C@H](Cc2nccn2C)C1. The normalized spacial score (nSPS) is 19.4. The number of aromatic nitrogens is 2. The molecule has 1 aliphatic rings. The maximum atomic E-state index is 11.8. The topological polar surface area (TPSA) is 47.4 Å². The first kappa shape index (κ1) is 13.1. The molecule has 1 aromatic rings. The molecule has 1 aromatic heterocycles. The molecule has 0 N–H and O–H groups in total. The summed E-state index contributed by atoms with van der Waals surface area (Å²) in [4.78, 5) is 18.1. The summed E-state index contributed by atoms with van der Waals surface area (Å²) in [6.07, 6.45) is 6.31. The number of carbonyl (C=O) groups is 1. The van der Waals surface area contributed by atoms with Gasteiger partial charge < -0.3 is 14.2 Å². The molecule has 1 saturated heterocycles. The van der Waals surface area contributed by atoms with Crippen molar-refractivity contribution in [1.29, 1.82) is 0 Å². The van der Waals surface area contributed by atoms with E-state index in [-0.39, 0.29) is 5.91 Å². The summed E-state index contributed by atoms with van der Waals surface area (Å²) in [6, 6.07) is 0. The number of imidazole rings is 1. The molecule has 2 rings (SSSR count). The van der Waals surface area contributed by atoms with Crippen LogP contribution in [0, 0.1) is 5.92 Å². The molecule has 2 heterocycles. The van der Waals surface area contributed by atoms with Crippen molar-refractivity contribution in [3.8, 4) is 0 Å². The van der Waals surface area contributed by atoms with Crippen molar-refractivity contribution in [2.24, 2.45) is 13.0 Å². The third-order valence-corrected chi connectivity index (χ3v) is 3.55. The molecular formula is C13H21N3O2. The molecule has 0 aliphatic carbocycles. The lowest BCUT2D eigenvalue weighted by Gasteiger charge is -2.16. The van der Waals surface area contributed by atoms with E-state index >= 15 is 0 Å². The van der Waals surface area contributed by atoms with E-state index in [0.29, 0.717) is 18.9 Å². The lowest BCUT2D eigenvalue weighted by atomic mass is 10.0. The highest BCUT2D eigenvalue weighted by atomic mass is 16.5. The van der Waals surface area contributed by atoms with Crippen LogP contribution in [0.25, 0.3) is 0 Å². The standard InChI is InChI=1S/C13H21N3O2/c1-15-7-5-14-12(15)9-11-3-6-16(10-11)13(17)4-8-18-2/h5,7,11H,3-4,6,8-10H2,1-2H3/t11-/m1/s1. The predicted molar refractivity (Wildman–Crippen MR) is 68.1 cm³/mol. The highest BCUT2D eigenvalue weighted by Crippen LogP contribution is 2.20. The minimum absolute atomic E-state index is 0.208. The third-order valence-electron chi connectivity index (χ3n) is 3.55. The average molecular weight is 251 g/mol. The van der Waals surface area contributed by atoms with Crippen molar-refractivity contribution < 1.29 is 9.53 Å². The maximum Gasteiger partial charge on any atom is 0.224 e. The number of nitrogens with zero attached hydrogens (tertiary/aromatic N) is 3. The fourth-order valence-corrected chi connectivity index (χ4v) is 2.42. The number of hydrogen-bond donors (Lipinski definition) is 0. The number of carbonyl (C=O) groups excluding carboxylic acids is 1. The molecule has 1 amide bonds. The fourth-order valence-electron chi connectivity index (χ4n) is 2.42. The highest BCUT2D eigenvalue weighted by Gasteiger charge is 2.26. The number of aryl methyl sites for hydroxylation is 1. The van der Waals surface area contributed by atoms with Crippen molar-refractivity contribution >= 4 is 5.91 Å². The van der Waals surface area contributed by atoms with Gasteiger partial charge in [-0.15, -0.1) is 0 Å². The summed E-state index contributed by atoms with van der Waals surface area (Å²) in [5.74, 6) is 1.85. The van der Waals surface area contributed by atoms with E-state index in [0.717, 1.165) is 31.8 Å². The number of rotatable bonds is 5. The van der Waals surface area contributed by atoms with Gasteiger partial charge in [-0.25, -0.2) is 4.98 Å². The van der Waals surface area contributed by atoms with Crippen molar-refractivity contribution in [2.75, 3.05) is 26.8 Å². The fraction of sp³-hybridized carbons (Fsp3) is 0.692. The number of amides is 1. The van der Waals surface area contributed by atoms with Crippen LogP contribution in [0.15, 0.2) is 12.4 Å². The zero-order chi connectivity index (χ0) is 13.0. The Bertz CT molecular complexity index is 403. The second-order valence-electron chi connectivity index (χ2n) is 4.90. The van der Waals surface area contributed by atoms with Crippen molar-refractivity contribution in [3.63, 3.8) is 0 Å². The van der Waals surface area contributed by atoms with Crippen LogP contribution < -0.4 is 0 Å². The first-order chi connectivity index (χ1) is 8.70. The Morgan fingerprint density at radius 2 is 2.44 bits per heavy atom. The van der Waals surface area contributed by atoms with E-state index in [9.17, 15) is 4.79 Å². The Kier molecular flexibility index (Phi) is 4.36. The first-order valence-electron chi connectivity index (χ1n) is 6.43.